The Morgan fingerprint density at radius 3 is 2.54 bits per heavy atom. The lowest BCUT2D eigenvalue weighted by atomic mass is 10.1. The second kappa shape index (κ2) is 6.78. The molecule has 0 spiro atoms. The van der Waals surface area contributed by atoms with Gasteiger partial charge in [-0.05, 0) is 32.0 Å². The van der Waals surface area contributed by atoms with Crippen molar-refractivity contribution in [3.05, 3.63) is 63.2 Å². The van der Waals surface area contributed by atoms with Crippen LogP contribution in [0.25, 0.3) is 0 Å². The number of hydrogen-bond donors (Lipinski definition) is 3. The fourth-order valence-corrected chi connectivity index (χ4v) is 2.03. The Kier molecular flexibility index (Phi) is 4.78. The zero-order valence-electron chi connectivity index (χ0n) is 13.0. The van der Waals surface area contributed by atoms with E-state index < -0.39 is 10.8 Å². The fraction of sp³-hybridized carbons (Fsp3) is 0.125. The Bertz CT molecular complexity index is 846. The number of phenolic OH excluding ortho intramolecular Hbond substituents is 2. The van der Waals surface area contributed by atoms with Crippen LogP contribution in [0.5, 0.6) is 11.5 Å². The highest BCUT2D eigenvalue weighted by Crippen LogP contribution is 2.23. The summed E-state index contributed by atoms with van der Waals surface area (Å²) in [6.45, 7) is 3.14. The van der Waals surface area contributed by atoms with Crippen molar-refractivity contribution in [2.75, 3.05) is 0 Å². The molecule has 0 aliphatic carbocycles. The van der Waals surface area contributed by atoms with Gasteiger partial charge in [0.25, 0.3) is 11.6 Å². The topological polar surface area (TPSA) is 125 Å². The maximum absolute atomic E-state index is 12.1. The lowest BCUT2D eigenvalue weighted by Crippen LogP contribution is -2.19. The quantitative estimate of drug-likeness (QED) is 0.451. The van der Waals surface area contributed by atoms with Gasteiger partial charge in [-0.2, -0.15) is 5.10 Å². The maximum Gasteiger partial charge on any atom is 0.273 e. The molecule has 0 radical (unpaired) electrons. The van der Waals surface area contributed by atoms with E-state index in [1.807, 2.05) is 0 Å². The van der Waals surface area contributed by atoms with Crippen LogP contribution in [-0.4, -0.2) is 26.8 Å². The third kappa shape index (κ3) is 3.67. The van der Waals surface area contributed by atoms with E-state index in [-0.39, 0.29) is 22.7 Å². The molecule has 0 heterocycles. The van der Waals surface area contributed by atoms with E-state index in [1.54, 1.807) is 13.8 Å². The molecule has 0 saturated carbocycles. The summed E-state index contributed by atoms with van der Waals surface area (Å²) in [4.78, 5) is 22.4. The van der Waals surface area contributed by atoms with Crippen LogP contribution in [0.1, 0.15) is 28.4 Å². The number of hydrazone groups is 1. The van der Waals surface area contributed by atoms with Gasteiger partial charge in [0.2, 0.25) is 0 Å². The Labute approximate surface area is 137 Å². The summed E-state index contributed by atoms with van der Waals surface area (Å²) in [6.07, 6.45) is 0. The number of phenols is 2. The first kappa shape index (κ1) is 16.9. The highest BCUT2D eigenvalue weighted by atomic mass is 16.6. The Morgan fingerprint density at radius 2 is 1.92 bits per heavy atom. The number of nitrogens with zero attached hydrogens (tertiary/aromatic N) is 2. The molecule has 1 amide bonds. The van der Waals surface area contributed by atoms with Gasteiger partial charge < -0.3 is 10.2 Å². The van der Waals surface area contributed by atoms with Crippen LogP contribution in [0, 0.1) is 17.0 Å². The van der Waals surface area contributed by atoms with Crippen molar-refractivity contribution in [2.24, 2.45) is 5.10 Å². The van der Waals surface area contributed by atoms with Crippen LogP contribution in [-0.2, 0) is 0 Å². The molecule has 8 nitrogen and oxygen atoms in total. The molecule has 0 atom stereocenters. The third-order valence-electron chi connectivity index (χ3n) is 3.36. The van der Waals surface area contributed by atoms with E-state index in [0.717, 1.165) is 6.07 Å². The molecule has 124 valence electrons. The Hall–Kier alpha value is -3.42. The SMILES string of the molecule is C/C(=N\NC(=O)c1ccc(C)c([N+](=O)[O-])c1)c1ccc(O)cc1O. The number of nitro benzene ring substituents is 1. The number of hydrogen-bond acceptors (Lipinski definition) is 6. The molecule has 0 bridgehead atoms. The number of benzene rings is 2. The molecular formula is C16H15N3O5. The van der Waals surface area contributed by atoms with Crippen molar-refractivity contribution >= 4 is 17.3 Å². The van der Waals surface area contributed by atoms with Crippen LogP contribution >= 0.6 is 0 Å². The zero-order chi connectivity index (χ0) is 17.9. The molecule has 2 rings (SSSR count). The number of nitrogens with one attached hydrogen (secondary N) is 1. The number of rotatable bonds is 4. The molecule has 0 aliphatic heterocycles. The minimum Gasteiger partial charge on any atom is -0.508 e. The van der Waals surface area contributed by atoms with Crippen LogP contribution in [0.3, 0.4) is 0 Å². The van der Waals surface area contributed by atoms with E-state index in [0.29, 0.717) is 16.8 Å². The van der Waals surface area contributed by atoms with Crippen LogP contribution in [0.4, 0.5) is 5.69 Å². The molecular weight excluding hydrogens is 314 g/mol. The number of carbonyl (C=O) groups excluding carboxylic acids is 1. The van der Waals surface area contributed by atoms with E-state index in [2.05, 4.69) is 10.5 Å². The average Bonchev–Trinajstić information content (AvgIpc) is 2.52. The monoisotopic (exact) mass is 329 g/mol. The number of aromatic hydroxyl groups is 2. The van der Waals surface area contributed by atoms with Crippen molar-refractivity contribution < 1.29 is 19.9 Å². The average molecular weight is 329 g/mol. The summed E-state index contributed by atoms with van der Waals surface area (Å²) in [5, 5.41) is 33.8. The minimum atomic E-state index is -0.615. The van der Waals surface area contributed by atoms with Gasteiger partial charge in [-0.15, -0.1) is 0 Å². The van der Waals surface area contributed by atoms with Gasteiger partial charge >= 0.3 is 0 Å². The Morgan fingerprint density at radius 1 is 1.21 bits per heavy atom. The largest absolute Gasteiger partial charge is 0.508 e. The lowest BCUT2D eigenvalue weighted by molar-refractivity contribution is -0.385. The van der Waals surface area contributed by atoms with Crippen LogP contribution in [0.2, 0.25) is 0 Å². The summed E-state index contributed by atoms with van der Waals surface area (Å²) in [5.74, 6) is -0.896. The number of amides is 1. The summed E-state index contributed by atoms with van der Waals surface area (Å²) in [7, 11) is 0. The summed E-state index contributed by atoms with van der Waals surface area (Å²) >= 11 is 0. The molecule has 2 aromatic rings. The van der Waals surface area contributed by atoms with E-state index in [9.17, 15) is 25.1 Å². The summed E-state index contributed by atoms with van der Waals surface area (Å²) in [5.41, 5.74) is 3.31. The molecule has 0 saturated heterocycles. The van der Waals surface area contributed by atoms with Gasteiger partial charge in [0.05, 0.1) is 10.6 Å². The van der Waals surface area contributed by atoms with Gasteiger partial charge in [0, 0.05) is 28.8 Å². The van der Waals surface area contributed by atoms with Gasteiger partial charge in [-0.1, -0.05) is 6.07 Å². The minimum absolute atomic E-state index is 0.0961. The van der Waals surface area contributed by atoms with E-state index in [1.165, 1.54) is 30.3 Å². The summed E-state index contributed by atoms with van der Waals surface area (Å²) < 4.78 is 0. The molecule has 2 aromatic carbocycles. The molecule has 0 fully saturated rings. The molecule has 8 heteroatoms. The molecule has 0 aromatic heterocycles. The van der Waals surface area contributed by atoms with Gasteiger partial charge in [0.15, 0.2) is 0 Å². The first-order valence-electron chi connectivity index (χ1n) is 6.91. The normalized spacial score (nSPS) is 11.2. The van der Waals surface area contributed by atoms with Crippen molar-refractivity contribution in [3.8, 4) is 11.5 Å². The van der Waals surface area contributed by atoms with E-state index in [4.69, 9.17) is 0 Å². The Balaban J connectivity index is 2.20. The van der Waals surface area contributed by atoms with Gasteiger partial charge in [-0.25, -0.2) is 5.43 Å². The maximum atomic E-state index is 12.1. The molecule has 0 aliphatic rings. The number of carbonyl (C=O) groups is 1. The van der Waals surface area contributed by atoms with E-state index >= 15 is 0 Å². The first-order valence-corrected chi connectivity index (χ1v) is 6.91. The van der Waals surface area contributed by atoms with Gasteiger partial charge in [0.1, 0.15) is 11.5 Å². The second-order valence-corrected chi connectivity index (χ2v) is 5.10. The third-order valence-corrected chi connectivity index (χ3v) is 3.36. The lowest BCUT2D eigenvalue weighted by Gasteiger charge is -2.06. The molecule has 0 unspecified atom stereocenters. The van der Waals surface area contributed by atoms with Crippen molar-refractivity contribution in [1.29, 1.82) is 0 Å². The number of nitro groups is 1. The number of aryl methyl sites for hydroxylation is 1. The second-order valence-electron chi connectivity index (χ2n) is 5.10. The highest BCUT2D eigenvalue weighted by molar-refractivity contribution is 6.02. The molecule has 24 heavy (non-hydrogen) atoms. The zero-order valence-corrected chi connectivity index (χ0v) is 13.0. The van der Waals surface area contributed by atoms with Gasteiger partial charge in [-0.3, -0.25) is 14.9 Å². The standard InChI is InChI=1S/C16H15N3O5/c1-9-3-4-11(7-14(9)19(23)24)16(22)18-17-10(2)13-6-5-12(20)8-15(13)21/h3-8,20-21H,1-2H3,(H,18,22)/b17-10+. The summed E-state index contributed by atoms with van der Waals surface area (Å²) in [6, 6.07) is 8.09. The smallest absolute Gasteiger partial charge is 0.273 e. The highest BCUT2D eigenvalue weighted by Gasteiger charge is 2.15. The van der Waals surface area contributed by atoms with Crippen molar-refractivity contribution in [3.63, 3.8) is 0 Å². The predicted octanol–water partition coefficient (Wildman–Crippen LogP) is 2.47. The van der Waals surface area contributed by atoms with Crippen molar-refractivity contribution in [1.82, 2.24) is 5.43 Å². The molecule has 3 N–H and O–H groups in total. The fourth-order valence-electron chi connectivity index (χ4n) is 2.03. The predicted molar refractivity (Wildman–Crippen MR) is 87.3 cm³/mol. The van der Waals surface area contributed by atoms with Crippen molar-refractivity contribution in [2.45, 2.75) is 13.8 Å². The van der Waals surface area contributed by atoms with Crippen LogP contribution in [0.15, 0.2) is 41.5 Å². The first-order chi connectivity index (χ1) is 11.3. The van der Waals surface area contributed by atoms with Crippen LogP contribution < -0.4 is 5.43 Å².